The third-order valence-corrected chi connectivity index (χ3v) is 8.97. The van der Waals surface area contributed by atoms with E-state index in [0.29, 0.717) is 0 Å². The molecule has 0 unspecified atom stereocenters. The van der Waals surface area contributed by atoms with Crippen molar-refractivity contribution in [1.82, 2.24) is 0 Å². The van der Waals surface area contributed by atoms with Gasteiger partial charge in [0.15, 0.2) is 0 Å². The SMILES string of the molecule is CC[Si](CC)(CC)OC(=O)C(F)(F)C(F)(F)C(F)(F)S(=O)(=O)O. The van der Waals surface area contributed by atoms with Crippen molar-refractivity contribution < 1.29 is 48.5 Å². The van der Waals surface area contributed by atoms with E-state index >= 15 is 0 Å². The van der Waals surface area contributed by atoms with Crippen LogP contribution in [-0.2, 0) is 19.3 Å². The van der Waals surface area contributed by atoms with Crippen LogP contribution in [-0.4, -0.2) is 44.4 Å². The lowest BCUT2D eigenvalue weighted by atomic mass is 10.2. The molecule has 5 nitrogen and oxygen atoms in total. The second-order valence-electron chi connectivity index (χ2n) is 4.77. The number of carbonyl (C=O) groups is 1. The molecule has 0 aromatic heterocycles. The minimum absolute atomic E-state index is 0.0715. The van der Waals surface area contributed by atoms with Crippen LogP contribution in [0.1, 0.15) is 20.8 Å². The van der Waals surface area contributed by atoms with Crippen molar-refractivity contribution in [2.75, 3.05) is 0 Å². The lowest BCUT2D eigenvalue weighted by Crippen LogP contribution is -2.62. The predicted molar refractivity (Wildman–Crippen MR) is 69.7 cm³/mol. The first-order valence-electron chi connectivity index (χ1n) is 6.40. The van der Waals surface area contributed by atoms with Crippen LogP contribution in [0, 0.1) is 0 Å². The zero-order valence-electron chi connectivity index (χ0n) is 12.4. The maximum absolute atomic E-state index is 13.5. The average molecular weight is 390 g/mol. The first-order chi connectivity index (χ1) is 10.1. The van der Waals surface area contributed by atoms with Crippen molar-refractivity contribution >= 4 is 24.4 Å². The van der Waals surface area contributed by atoms with Gasteiger partial charge in [-0.05, 0) is 18.1 Å². The molecule has 0 spiro atoms. The van der Waals surface area contributed by atoms with E-state index in [9.17, 15) is 39.6 Å². The van der Waals surface area contributed by atoms with E-state index in [1.807, 2.05) is 0 Å². The van der Waals surface area contributed by atoms with Gasteiger partial charge >= 0.3 is 33.2 Å². The van der Waals surface area contributed by atoms with E-state index in [0.717, 1.165) is 0 Å². The zero-order chi connectivity index (χ0) is 18.9. The molecule has 0 saturated heterocycles. The van der Waals surface area contributed by atoms with Crippen molar-refractivity contribution in [2.24, 2.45) is 0 Å². The quantitative estimate of drug-likeness (QED) is 0.391. The van der Waals surface area contributed by atoms with Crippen LogP contribution < -0.4 is 0 Å². The Hall–Kier alpha value is -0.823. The molecule has 1 N–H and O–H groups in total. The molecule has 0 radical (unpaired) electrons. The molecule has 0 aromatic carbocycles. The van der Waals surface area contributed by atoms with Gasteiger partial charge in [-0.1, -0.05) is 20.8 Å². The molecule has 23 heavy (non-hydrogen) atoms. The van der Waals surface area contributed by atoms with Gasteiger partial charge < -0.3 is 4.43 Å². The first kappa shape index (κ1) is 22.2. The van der Waals surface area contributed by atoms with Crippen LogP contribution in [0.25, 0.3) is 0 Å². The normalized spacial score (nSPS) is 14.7. The summed E-state index contributed by atoms with van der Waals surface area (Å²) in [6.45, 7) is 4.36. The van der Waals surface area contributed by atoms with Gasteiger partial charge in [-0.15, -0.1) is 0 Å². The summed E-state index contributed by atoms with van der Waals surface area (Å²) in [5.41, 5.74) is 0. The topological polar surface area (TPSA) is 80.7 Å². The Morgan fingerprint density at radius 2 is 1.35 bits per heavy atom. The van der Waals surface area contributed by atoms with E-state index in [1.54, 1.807) is 0 Å². The fourth-order valence-corrected chi connectivity index (χ4v) is 4.61. The van der Waals surface area contributed by atoms with Crippen LogP contribution in [0.15, 0.2) is 0 Å². The highest BCUT2D eigenvalue weighted by Gasteiger charge is 2.81. The lowest BCUT2D eigenvalue weighted by Gasteiger charge is -2.33. The number of carbonyl (C=O) groups excluding carboxylic acids is 1. The summed E-state index contributed by atoms with van der Waals surface area (Å²) < 4.78 is 113. The van der Waals surface area contributed by atoms with Gasteiger partial charge in [0.2, 0.25) is 0 Å². The molecular formula is C10H16F6O5SSi. The molecule has 0 heterocycles. The Bertz CT molecular complexity index is 538. The van der Waals surface area contributed by atoms with Crippen LogP contribution in [0.5, 0.6) is 0 Å². The second-order valence-corrected chi connectivity index (χ2v) is 10.9. The summed E-state index contributed by atoms with van der Waals surface area (Å²) >= 11 is 0. The summed E-state index contributed by atoms with van der Waals surface area (Å²) in [4.78, 5) is 11.4. The highest BCUT2D eigenvalue weighted by Crippen LogP contribution is 2.49. The largest absolute Gasteiger partial charge is 0.515 e. The van der Waals surface area contributed by atoms with E-state index < -0.39 is 41.5 Å². The van der Waals surface area contributed by atoms with Crippen LogP contribution in [0.3, 0.4) is 0 Å². The molecule has 0 bridgehead atoms. The van der Waals surface area contributed by atoms with Crippen LogP contribution >= 0.6 is 0 Å². The van der Waals surface area contributed by atoms with Gasteiger partial charge in [0.25, 0.3) is 8.32 Å². The Balaban J connectivity index is 5.84. The standard InChI is InChI=1S/C10H16F6O5SSi/c1-4-23(5-2,6-3)21-7(17)8(11,12)9(13,14)10(15,16)22(18,19)20/h4-6H2,1-3H3,(H,18,19,20). The second kappa shape index (κ2) is 6.59. The van der Waals surface area contributed by atoms with Gasteiger partial charge in [-0.25, -0.2) is 4.79 Å². The van der Waals surface area contributed by atoms with Gasteiger partial charge in [0.1, 0.15) is 0 Å². The van der Waals surface area contributed by atoms with Crippen molar-refractivity contribution in [3.8, 4) is 0 Å². The Morgan fingerprint density at radius 1 is 1.00 bits per heavy atom. The van der Waals surface area contributed by atoms with Crippen molar-refractivity contribution in [3.63, 3.8) is 0 Å². The molecule has 0 rings (SSSR count). The lowest BCUT2D eigenvalue weighted by molar-refractivity contribution is -0.276. The Morgan fingerprint density at radius 3 is 1.61 bits per heavy atom. The summed E-state index contributed by atoms with van der Waals surface area (Å²) in [5.74, 6) is -15.8. The first-order valence-corrected chi connectivity index (χ1v) is 10.4. The van der Waals surface area contributed by atoms with E-state index in [4.69, 9.17) is 4.55 Å². The maximum atomic E-state index is 13.5. The van der Waals surface area contributed by atoms with Crippen LogP contribution in [0.2, 0.25) is 18.1 Å². The molecule has 138 valence electrons. The molecule has 0 amide bonds. The van der Waals surface area contributed by atoms with Crippen molar-refractivity contribution in [3.05, 3.63) is 0 Å². The molecule has 0 saturated carbocycles. The van der Waals surface area contributed by atoms with Crippen molar-refractivity contribution in [2.45, 2.75) is 56.0 Å². The molecule has 0 fully saturated rings. The van der Waals surface area contributed by atoms with Gasteiger partial charge in [-0.3, -0.25) is 4.55 Å². The molecule has 0 aliphatic heterocycles. The summed E-state index contributed by atoms with van der Waals surface area (Å²) in [6.07, 6.45) is 0. The number of hydrogen-bond donors (Lipinski definition) is 1. The van der Waals surface area contributed by atoms with Gasteiger partial charge in [0, 0.05) is 0 Å². The van der Waals surface area contributed by atoms with Gasteiger partial charge in [0.05, 0.1) is 0 Å². The van der Waals surface area contributed by atoms with Crippen LogP contribution in [0.4, 0.5) is 26.3 Å². The van der Waals surface area contributed by atoms with E-state index in [-0.39, 0.29) is 18.1 Å². The van der Waals surface area contributed by atoms with Gasteiger partial charge in [-0.2, -0.15) is 34.8 Å². The molecule has 0 aliphatic carbocycles. The summed E-state index contributed by atoms with van der Waals surface area (Å²) in [6, 6.07) is 0.215. The van der Waals surface area contributed by atoms with Crippen molar-refractivity contribution in [1.29, 1.82) is 0 Å². The minimum Gasteiger partial charge on any atom is -0.515 e. The highest BCUT2D eigenvalue weighted by molar-refractivity contribution is 7.87. The Kier molecular flexibility index (Phi) is 6.35. The molecule has 0 aliphatic rings. The minimum atomic E-state index is -6.90. The average Bonchev–Trinajstić information content (AvgIpc) is 2.43. The maximum Gasteiger partial charge on any atom is 0.438 e. The Labute approximate surface area is 129 Å². The molecule has 0 aromatic rings. The molecule has 13 heteroatoms. The number of halogens is 6. The summed E-state index contributed by atoms with van der Waals surface area (Å²) in [7, 11) is -10.1. The molecule has 0 atom stereocenters. The zero-order valence-corrected chi connectivity index (χ0v) is 14.2. The fraction of sp³-hybridized carbons (Fsp3) is 0.900. The van der Waals surface area contributed by atoms with E-state index in [1.165, 1.54) is 20.8 Å². The predicted octanol–water partition coefficient (Wildman–Crippen LogP) is 3.29. The highest BCUT2D eigenvalue weighted by atomic mass is 32.2. The third kappa shape index (κ3) is 3.65. The third-order valence-electron chi connectivity index (χ3n) is 3.58. The number of rotatable bonds is 8. The molecular weight excluding hydrogens is 374 g/mol. The van der Waals surface area contributed by atoms with E-state index in [2.05, 4.69) is 4.43 Å². The smallest absolute Gasteiger partial charge is 0.438 e. The number of hydrogen-bond acceptors (Lipinski definition) is 4. The number of alkyl halides is 6. The summed E-state index contributed by atoms with van der Waals surface area (Å²) in [5, 5.41) is -6.57. The fourth-order valence-electron chi connectivity index (χ4n) is 1.70. The monoisotopic (exact) mass is 390 g/mol.